The van der Waals surface area contributed by atoms with Crippen LogP contribution in [0.3, 0.4) is 0 Å². The molecule has 0 N–H and O–H groups in total. The Balaban J connectivity index is 1.32. The van der Waals surface area contributed by atoms with Gasteiger partial charge in [0.15, 0.2) is 0 Å². The molecule has 3 aromatic heterocycles. The Kier molecular flexibility index (Phi) is 5.46. The number of halogens is 1. The topological polar surface area (TPSA) is 68.8 Å². The molecule has 1 unspecified atom stereocenters. The number of nitrogens with zero attached hydrogens (tertiary/aromatic N) is 4. The molecule has 1 aromatic carbocycles. The maximum Gasteiger partial charge on any atom is 0.410 e. The standard InChI is InChI=1S/C30H33FN4O3/c1-18-12-22(17-33-16-19(2)32-26(18)33)21-13-20-6-10-34(27(36)25(20)24(31)14-21)23-7-11-35(30(15-23)8-9-30)28(37)38-29(3,4)5/h6,10,12-14,16-17,23H,7-9,11,15H2,1-5H3. The van der Waals surface area contributed by atoms with Crippen molar-refractivity contribution in [3.05, 3.63) is 70.3 Å². The molecule has 1 spiro atoms. The van der Waals surface area contributed by atoms with Crippen LogP contribution in [0.2, 0.25) is 0 Å². The van der Waals surface area contributed by atoms with Gasteiger partial charge < -0.3 is 18.6 Å². The summed E-state index contributed by atoms with van der Waals surface area (Å²) in [5.41, 5.74) is 3.21. The average molecular weight is 517 g/mol. The maximum absolute atomic E-state index is 15.5. The molecule has 1 aliphatic carbocycles. The molecule has 4 heterocycles. The SMILES string of the molecule is Cc1cn2cc(-c3cc(F)c4c(=O)n(C5CCN(C(=O)OC(C)(C)C)C6(CC6)C5)ccc4c3)cc(C)c2n1. The van der Waals surface area contributed by atoms with Gasteiger partial charge in [0.25, 0.3) is 5.56 Å². The van der Waals surface area contributed by atoms with Crippen molar-refractivity contribution in [3.63, 3.8) is 0 Å². The number of ether oxygens (including phenoxy) is 1. The monoisotopic (exact) mass is 516 g/mol. The summed E-state index contributed by atoms with van der Waals surface area (Å²) in [7, 11) is 0. The predicted octanol–water partition coefficient (Wildman–Crippen LogP) is 6.18. The quantitative estimate of drug-likeness (QED) is 0.319. The smallest absolute Gasteiger partial charge is 0.410 e. The van der Waals surface area contributed by atoms with E-state index in [0.29, 0.717) is 30.3 Å². The zero-order valence-electron chi connectivity index (χ0n) is 22.5. The molecule has 2 fully saturated rings. The van der Waals surface area contributed by atoms with Crippen LogP contribution < -0.4 is 5.56 Å². The van der Waals surface area contributed by atoms with E-state index in [2.05, 4.69) is 4.98 Å². The molecule has 198 valence electrons. The van der Waals surface area contributed by atoms with Gasteiger partial charge in [-0.3, -0.25) is 4.79 Å². The van der Waals surface area contributed by atoms with E-state index in [1.54, 1.807) is 10.8 Å². The normalized spacial score (nSPS) is 18.9. The number of aromatic nitrogens is 3. The number of pyridine rings is 2. The Bertz CT molecular complexity index is 1660. The van der Waals surface area contributed by atoms with Crippen LogP contribution in [0.25, 0.3) is 27.5 Å². The number of aryl methyl sites for hydroxylation is 2. The number of benzene rings is 1. The molecule has 1 saturated carbocycles. The highest BCUT2D eigenvalue weighted by Gasteiger charge is 2.54. The largest absolute Gasteiger partial charge is 0.444 e. The molecule has 38 heavy (non-hydrogen) atoms. The van der Waals surface area contributed by atoms with E-state index in [4.69, 9.17) is 4.74 Å². The summed E-state index contributed by atoms with van der Waals surface area (Å²) in [6.07, 6.45) is 8.45. The van der Waals surface area contributed by atoms with Crippen molar-refractivity contribution in [2.75, 3.05) is 6.54 Å². The molecule has 1 saturated heterocycles. The van der Waals surface area contributed by atoms with Crippen molar-refractivity contribution in [1.82, 2.24) is 18.9 Å². The summed E-state index contributed by atoms with van der Waals surface area (Å²) in [5, 5.41) is 0.681. The fourth-order valence-electron chi connectivity index (χ4n) is 5.97. The Hall–Kier alpha value is -3.68. The molecule has 6 rings (SSSR count). The Morgan fingerprint density at radius 1 is 1.13 bits per heavy atom. The number of piperidine rings is 1. The van der Waals surface area contributed by atoms with E-state index in [1.165, 1.54) is 6.07 Å². The van der Waals surface area contributed by atoms with Crippen LogP contribution in [-0.4, -0.2) is 42.6 Å². The molecular formula is C30H33FN4O3. The molecular weight excluding hydrogens is 483 g/mol. The van der Waals surface area contributed by atoms with Gasteiger partial charge in [0, 0.05) is 36.7 Å². The van der Waals surface area contributed by atoms with Gasteiger partial charge in [-0.15, -0.1) is 0 Å². The van der Waals surface area contributed by atoms with Gasteiger partial charge in [0.2, 0.25) is 0 Å². The van der Waals surface area contributed by atoms with Crippen LogP contribution in [0.1, 0.15) is 63.8 Å². The molecule has 0 radical (unpaired) electrons. The van der Waals surface area contributed by atoms with Crippen LogP contribution in [0, 0.1) is 19.7 Å². The number of imidazole rings is 1. The summed E-state index contributed by atoms with van der Waals surface area (Å²) in [5.74, 6) is -0.524. The van der Waals surface area contributed by atoms with Gasteiger partial charge >= 0.3 is 6.09 Å². The number of carbonyl (C=O) groups is 1. The molecule has 1 atom stereocenters. The predicted molar refractivity (Wildman–Crippen MR) is 145 cm³/mol. The molecule has 1 amide bonds. The number of fused-ring (bicyclic) bond motifs is 2. The van der Waals surface area contributed by atoms with Crippen LogP contribution >= 0.6 is 0 Å². The minimum atomic E-state index is -0.558. The van der Waals surface area contributed by atoms with Crippen molar-refractivity contribution in [1.29, 1.82) is 0 Å². The average Bonchev–Trinajstić information content (AvgIpc) is 3.46. The first-order valence-electron chi connectivity index (χ1n) is 13.3. The van der Waals surface area contributed by atoms with E-state index in [-0.39, 0.29) is 28.6 Å². The summed E-state index contributed by atoms with van der Waals surface area (Å²) >= 11 is 0. The lowest BCUT2D eigenvalue weighted by Crippen LogP contribution is -2.50. The number of carbonyl (C=O) groups excluding carboxylic acids is 1. The van der Waals surface area contributed by atoms with Crippen LogP contribution in [0.15, 0.2) is 47.7 Å². The van der Waals surface area contributed by atoms with Crippen LogP contribution in [-0.2, 0) is 4.74 Å². The van der Waals surface area contributed by atoms with E-state index in [0.717, 1.165) is 35.3 Å². The van der Waals surface area contributed by atoms with Crippen molar-refractivity contribution in [2.45, 2.75) is 77.5 Å². The summed E-state index contributed by atoms with van der Waals surface area (Å²) in [4.78, 5) is 32.8. The lowest BCUT2D eigenvalue weighted by Gasteiger charge is -2.41. The molecule has 7 nitrogen and oxygen atoms in total. The third-order valence-electron chi connectivity index (χ3n) is 7.88. The summed E-state index contributed by atoms with van der Waals surface area (Å²) in [6, 6.07) is 7.06. The first kappa shape index (κ1) is 24.6. The molecule has 8 heteroatoms. The highest BCUT2D eigenvalue weighted by atomic mass is 19.1. The Labute approximate surface area is 220 Å². The highest BCUT2D eigenvalue weighted by Crippen LogP contribution is 2.51. The Morgan fingerprint density at radius 3 is 2.61 bits per heavy atom. The molecule has 4 aromatic rings. The van der Waals surface area contributed by atoms with Crippen LogP contribution in [0.4, 0.5) is 9.18 Å². The van der Waals surface area contributed by atoms with Crippen molar-refractivity contribution in [2.24, 2.45) is 0 Å². The number of amides is 1. The summed E-state index contributed by atoms with van der Waals surface area (Å²) < 4.78 is 24.8. The summed E-state index contributed by atoms with van der Waals surface area (Å²) in [6.45, 7) is 10.0. The lowest BCUT2D eigenvalue weighted by atomic mass is 9.94. The maximum atomic E-state index is 15.5. The van der Waals surface area contributed by atoms with Gasteiger partial charge in [-0.05, 0) is 107 Å². The van der Waals surface area contributed by atoms with E-state index in [9.17, 15) is 9.59 Å². The zero-order chi connectivity index (χ0) is 27.0. The van der Waals surface area contributed by atoms with Gasteiger partial charge in [-0.1, -0.05) is 0 Å². The van der Waals surface area contributed by atoms with E-state index < -0.39 is 11.4 Å². The van der Waals surface area contributed by atoms with Crippen LogP contribution in [0.5, 0.6) is 0 Å². The number of hydrogen-bond acceptors (Lipinski definition) is 4. The van der Waals surface area contributed by atoms with Gasteiger partial charge in [-0.25, -0.2) is 14.2 Å². The molecule has 0 bridgehead atoms. The van der Waals surface area contributed by atoms with Gasteiger partial charge in [0.1, 0.15) is 17.1 Å². The third kappa shape index (κ3) is 4.16. The third-order valence-corrected chi connectivity index (χ3v) is 7.88. The second kappa shape index (κ2) is 8.41. The highest BCUT2D eigenvalue weighted by molar-refractivity contribution is 5.87. The molecule has 1 aliphatic heterocycles. The van der Waals surface area contributed by atoms with Crippen molar-refractivity contribution < 1.29 is 13.9 Å². The van der Waals surface area contributed by atoms with Gasteiger partial charge in [-0.2, -0.15) is 0 Å². The minimum Gasteiger partial charge on any atom is -0.444 e. The van der Waals surface area contributed by atoms with E-state index >= 15 is 4.39 Å². The Morgan fingerprint density at radius 2 is 1.89 bits per heavy atom. The van der Waals surface area contributed by atoms with E-state index in [1.807, 2.05) is 74.5 Å². The van der Waals surface area contributed by atoms with Gasteiger partial charge in [0.05, 0.1) is 11.1 Å². The molecule has 2 aliphatic rings. The number of likely N-dealkylation sites (tertiary alicyclic amines) is 1. The first-order valence-corrected chi connectivity index (χ1v) is 13.3. The lowest BCUT2D eigenvalue weighted by molar-refractivity contribution is 0.000497. The number of rotatable bonds is 2. The fourth-order valence-corrected chi connectivity index (χ4v) is 5.97. The fraction of sp³-hybridized carbons (Fsp3) is 0.433. The zero-order valence-corrected chi connectivity index (χ0v) is 22.5. The minimum absolute atomic E-state index is 0.0956. The first-order chi connectivity index (χ1) is 17.9. The van der Waals surface area contributed by atoms with Crippen molar-refractivity contribution in [3.8, 4) is 11.1 Å². The van der Waals surface area contributed by atoms with Crippen molar-refractivity contribution >= 4 is 22.5 Å². The number of hydrogen-bond donors (Lipinski definition) is 0. The second-order valence-electron chi connectivity index (χ2n) is 12.0. The second-order valence-corrected chi connectivity index (χ2v) is 12.0.